The van der Waals surface area contributed by atoms with E-state index in [9.17, 15) is 13.6 Å². The predicted octanol–water partition coefficient (Wildman–Crippen LogP) is 4.80. The van der Waals surface area contributed by atoms with Crippen LogP contribution in [-0.2, 0) is 6.42 Å². The van der Waals surface area contributed by atoms with Crippen LogP contribution in [0.5, 0.6) is 0 Å². The minimum Gasteiger partial charge on any atom is -0.382 e. The third-order valence-electron chi connectivity index (χ3n) is 5.80. The molecule has 0 aliphatic carbocycles. The number of nitrogen functional groups attached to an aromatic ring is 1. The molecule has 0 amide bonds. The fourth-order valence-corrected chi connectivity index (χ4v) is 4.22. The Kier molecular flexibility index (Phi) is 7.43. The second kappa shape index (κ2) is 11.2. The Morgan fingerprint density at radius 3 is 2.64 bits per heavy atom. The van der Waals surface area contributed by atoms with Crippen LogP contribution in [0.25, 0.3) is 16.6 Å². The largest absolute Gasteiger partial charge is 0.382 e. The molecule has 194 valence electrons. The highest BCUT2D eigenvalue weighted by Gasteiger charge is 2.15. The number of benzene rings is 2. The van der Waals surface area contributed by atoms with Gasteiger partial charge in [0.15, 0.2) is 0 Å². The number of nitrogens with two attached hydrogens (primary N) is 1. The molecule has 11 heteroatoms. The van der Waals surface area contributed by atoms with Crippen LogP contribution in [0.4, 0.5) is 20.4 Å². The van der Waals surface area contributed by atoms with Gasteiger partial charge < -0.3 is 11.1 Å². The third kappa shape index (κ3) is 5.54. The van der Waals surface area contributed by atoms with Crippen molar-refractivity contribution >= 4 is 34.1 Å². The molecule has 0 bridgehead atoms. The summed E-state index contributed by atoms with van der Waals surface area (Å²) in [5, 5.41) is 3.84. The van der Waals surface area contributed by atoms with E-state index >= 15 is 0 Å². The highest BCUT2D eigenvalue weighted by molar-refractivity contribution is 6.35. The normalized spacial score (nSPS) is 10.9. The first-order valence-corrected chi connectivity index (χ1v) is 12.2. The van der Waals surface area contributed by atoms with Crippen LogP contribution in [0.1, 0.15) is 29.1 Å². The standard InChI is InChI=1S/C28H20ClF2N7O/c29-21-7-4-8-22-24(21)28(39)38(19-5-2-1-3-6-19)23(37-22)12-14-34-27-20(26(32)35-16-36-27)10-9-18-15-17(25(30)31)11-13-33-18/h1-8,11,13,15-16,25H,12,14H2,(H3,32,34,35,36). The van der Waals surface area contributed by atoms with E-state index in [4.69, 9.17) is 22.3 Å². The number of alkyl halides is 2. The third-order valence-corrected chi connectivity index (χ3v) is 6.11. The van der Waals surface area contributed by atoms with Gasteiger partial charge in [-0.15, -0.1) is 0 Å². The van der Waals surface area contributed by atoms with Gasteiger partial charge in [0.25, 0.3) is 12.0 Å². The summed E-state index contributed by atoms with van der Waals surface area (Å²) in [6.07, 6.45) is 0.255. The average molecular weight is 544 g/mol. The minimum absolute atomic E-state index is 0.115. The van der Waals surface area contributed by atoms with Crippen molar-refractivity contribution in [1.82, 2.24) is 24.5 Å². The van der Waals surface area contributed by atoms with Crippen LogP contribution in [0.15, 0.2) is 78.0 Å². The number of halogens is 3. The number of fused-ring (bicyclic) bond motifs is 1. The molecule has 0 unspecified atom stereocenters. The molecule has 0 saturated carbocycles. The van der Waals surface area contributed by atoms with Crippen LogP contribution in [0, 0.1) is 11.8 Å². The molecule has 0 aliphatic heterocycles. The zero-order chi connectivity index (χ0) is 27.4. The molecule has 3 heterocycles. The Balaban J connectivity index is 1.45. The zero-order valence-electron chi connectivity index (χ0n) is 20.3. The molecule has 3 aromatic heterocycles. The number of para-hydroxylation sites is 1. The van der Waals surface area contributed by atoms with E-state index in [0.717, 1.165) is 0 Å². The topological polar surface area (TPSA) is 112 Å². The van der Waals surface area contributed by atoms with Crippen molar-refractivity contribution in [1.29, 1.82) is 0 Å². The Labute approximate surface area is 226 Å². The van der Waals surface area contributed by atoms with Crippen LogP contribution < -0.4 is 16.6 Å². The van der Waals surface area contributed by atoms with E-state index in [-0.39, 0.29) is 22.6 Å². The van der Waals surface area contributed by atoms with E-state index in [1.807, 2.05) is 30.3 Å². The molecule has 5 rings (SSSR count). The average Bonchev–Trinajstić information content (AvgIpc) is 2.93. The van der Waals surface area contributed by atoms with Crippen LogP contribution in [0.2, 0.25) is 5.02 Å². The van der Waals surface area contributed by atoms with Crippen molar-refractivity contribution in [2.45, 2.75) is 12.8 Å². The summed E-state index contributed by atoms with van der Waals surface area (Å²) in [6.45, 7) is 0.315. The van der Waals surface area contributed by atoms with Gasteiger partial charge in [-0.1, -0.05) is 41.8 Å². The van der Waals surface area contributed by atoms with Gasteiger partial charge in [-0.2, -0.15) is 0 Å². The molecule has 0 spiro atoms. The number of nitrogens with one attached hydrogen (secondary N) is 1. The van der Waals surface area contributed by atoms with Gasteiger partial charge in [-0.3, -0.25) is 9.36 Å². The number of anilines is 2. The maximum atomic E-state index is 13.5. The molecule has 3 N–H and O–H groups in total. The quantitative estimate of drug-likeness (QED) is 0.296. The summed E-state index contributed by atoms with van der Waals surface area (Å²) < 4.78 is 27.6. The van der Waals surface area contributed by atoms with E-state index in [0.29, 0.717) is 51.8 Å². The van der Waals surface area contributed by atoms with Crippen molar-refractivity contribution in [3.8, 4) is 17.5 Å². The Hall–Kier alpha value is -4.88. The lowest BCUT2D eigenvalue weighted by atomic mass is 10.2. The van der Waals surface area contributed by atoms with Crippen molar-refractivity contribution < 1.29 is 8.78 Å². The molecule has 0 aliphatic rings. The predicted molar refractivity (Wildman–Crippen MR) is 146 cm³/mol. The summed E-state index contributed by atoms with van der Waals surface area (Å²) in [5.41, 5.74) is 7.18. The Morgan fingerprint density at radius 1 is 1.03 bits per heavy atom. The Bertz CT molecular complexity index is 1780. The van der Waals surface area contributed by atoms with E-state index in [1.54, 1.807) is 18.2 Å². The molecule has 0 atom stereocenters. The molecule has 0 radical (unpaired) electrons. The molecule has 2 aromatic carbocycles. The summed E-state index contributed by atoms with van der Waals surface area (Å²) in [4.78, 5) is 30.5. The smallest absolute Gasteiger partial charge is 0.267 e. The first-order valence-electron chi connectivity index (χ1n) is 11.8. The van der Waals surface area contributed by atoms with Crippen LogP contribution in [0.3, 0.4) is 0 Å². The van der Waals surface area contributed by atoms with Gasteiger partial charge in [0.2, 0.25) is 0 Å². The number of rotatable bonds is 6. The molecule has 8 nitrogen and oxygen atoms in total. The van der Waals surface area contributed by atoms with Gasteiger partial charge in [0.1, 0.15) is 35.0 Å². The summed E-state index contributed by atoms with van der Waals surface area (Å²) in [7, 11) is 0. The number of nitrogens with zero attached hydrogens (tertiary/aromatic N) is 5. The minimum atomic E-state index is -2.64. The summed E-state index contributed by atoms with van der Waals surface area (Å²) >= 11 is 6.34. The van der Waals surface area contributed by atoms with Crippen LogP contribution in [-0.4, -0.2) is 31.0 Å². The lowest BCUT2D eigenvalue weighted by Crippen LogP contribution is -2.25. The second-order valence-corrected chi connectivity index (χ2v) is 8.73. The summed E-state index contributed by atoms with van der Waals surface area (Å²) in [5.74, 6) is 6.55. The van der Waals surface area contributed by atoms with E-state index in [1.165, 1.54) is 29.2 Å². The highest BCUT2D eigenvalue weighted by atomic mass is 35.5. The first kappa shape index (κ1) is 25.8. The highest BCUT2D eigenvalue weighted by Crippen LogP contribution is 2.22. The monoisotopic (exact) mass is 543 g/mol. The fourth-order valence-electron chi connectivity index (χ4n) is 3.97. The molecule has 0 saturated heterocycles. The van der Waals surface area contributed by atoms with Crippen molar-refractivity contribution in [2.75, 3.05) is 17.6 Å². The van der Waals surface area contributed by atoms with Gasteiger partial charge in [-0.05, 0) is 42.3 Å². The lowest BCUT2D eigenvalue weighted by Gasteiger charge is -2.15. The SMILES string of the molecule is Nc1ncnc(NCCc2nc3cccc(Cl)c3c(=O)n2-c2ccccc2)c1C#Cc1cc(C(F)F)ccn1. The molecule has 0 fully saturated rings. The maximum absolute atomic E-state index is 13.5. The van der Waals surface area contributed by atoms with Gasteiger partial charge in [0, 0.05) is 24.7 Å². The molecular weight excluding hydrogens is 524 g/mol. The molecular formula is C28H20ClF2N7O. The van der Waals surface area contributed by atoms with E-state index < -0.39 is 6.43 Å². The van der Waals surface area contributed by atoms with Gasteiger partial charge >= 0.3 is 0 Å². The zero-order valence-corrected chi connectivity index (χ0v) is 21.0. The summed E-state index contributed by atoms with van der Waals surface area (Å²) in [6, 6.07) is 16.7. The Morgan fingerprint density at radius 2 is 1.85 bits per heavy atom. The second-order valence-electron chi connectivity index (χ2n) is 8.32. The lowest BCUT2D eigenvalue weighted by molar-refractivity contribution is 0.151. The number of aromatic nitrogens is 5. The number of hydrogen-bond acceptors (Lipinski definition) is 7. The van der Waals surface area contributed by atoms with Crippen LogP contribution >= 0.6 is 11.6 Å². The van der Waals surface area contributed by atoms with Gasteiger partial charge in [0.05, 0.1) is 21.6 Å². The molecule has 39 heavy (non-hydrogen) atoms. The maximum Gasteiger partial charge on any atom is 0.267 e. The van der Waals surface area contributed by atoms with Gasteiger partial charge in [-0.25, -0.2) is 28.7 Å². The van der Waals surface area contributed by atoms with Crippen molar-refractivity contribution in [3.63, 3.8) is 0 Å². The van der Waals surface area contributed by atoms with Crippen molar-refractivity contribution in [2.24, 2.45) is 0 Å². The van der Waals surface area contributed by atoms with E-state index in [2.05, 4.69) is 32.1 Å². The van der Waals surface area contributed by atoms with Crippen molar-refractivity contribution in [3.05, 3.63) is 111 Å². The fraction of sp³-hybridized carbons (Fsp3) is 0.107. The number of hydrogen-bond donors (Lipinski definition) is 2. The number of pyridine rings is 1. The molecule has 5 aromatic rings. The first-order chi connectivity index (χ1) is 18.9.